The molecule has 0 fully saturated rings. The van der Waals surface area contributed by atoms with Crippen molar-refractivity contribution in [2.45, 2.75) is 13.2 Å². The van der Waals surface area contributed by atoms with Crippen molar-refractivity contribution in [2.75, 3.05) is 14.2 Å². The quantitative estimate of drug-likeness (QED) is 0.858. The number of benzene rings is 2. The standard InChI is InChI=1S/C16H17Cl2NO2/c1-19-9-12-8-13(20-2)6-7-15(12)21-10-11-4-3-5-14(17)16(11)18/h3-8,19H,9-10H2,1-2H3. The second kappa shape index (κ2) is 7.55. The third kappa shape index (κ3) is 4.03. The van der Waals surface area contributed by atoms with Gasteiger partial charge >= 0.3 is 0 Å². The van der Waals surface area contributed by atoms with Crippen LogP contribution in [-0.2, 0) is 13.2 Å². The summed E-state index contributed by atoms with van der Waals surface area (Å²) in [5.74, 6) is 1.59. The second-order valence-corrected chi connectivity index (χ2v) is 5.29. The molecule has 0 saturated carbocycles. The van der Waals surface area contributed by atoms with E-state index in [0.717, 1.165) is 22.6 Å². The highest BCUT2D eigenvalue weighted by atomic mass is 35.5. The SMILES string of the molecule is CNCc1cc(OC)ccc1OCc1cccc(Cl)c1Cl. The Kier molecular flexibility index (Phi) is 5.74. The molecule has 0 atom stereocenters. The fourth-order valence-corrected chi connectivity index (χ4v) is 2.34. The van der Waals surface area contributed by atoms with Crippen LogP contribution in [0, 0.1) is 0 Å². The third-order valence-electron chi connectivity index (χ3n) is 3.05. The van der Waals surface area contributed by atoms with Crippen LogP contribution in [0.4, 0.5) is 0 Å². The van der Waals surface area contributed by atoms with Crippen molar-refractivity contribution in [1.82, 2.24) is 5.32 Å². The molecule has 3 nitrogen and oxygen atoms in total. The first-order valence-electron chi connectivity index (χ1n) is 6.53. The van der Waals surface area contributed by atoms with Crippen LogP contribution in [0.15, 0.2) is 36.4 Å². The Hall–Kier alpha value is -1.42. The van der Waals surface area contributed by atoms with Gasteiger partial charge < -0.3 is 14.8 Å². The zero-order chi connectivity index (χ0) is 15.2. The van der Waals surface area contributed by atoms with E-state index in [1.807, 2.05) is 37.4 Å². The van der Waals surface area contributed by atoms with Gasteiger partial charge in [0, 0.05) is 17.7 Å². The van der Waals surface area contributed by atoms with Gasteiger partial charge in [0.1, 0.15) is 18.1 Å². The van der Waals surface area contributed by atoms with Gasteiger partial charge in [-0.15, -0.1) is 0 Å². The molecule has 5 heteroatoms. The lowest BCUT2D eigenvalue weighted by molar-refractivity contribution is 0.301. The molecule has 21 heavy (non-hydrogen) atoms. The monoisotopic (exact) mass is 325 g/mol. The molecule has 0 aliphatic rings. The van der Waals surface area contributed by atoms with Gasteiger partial charge in [0.15, 0.2) is 0 Å². The zero-order valence-electron chi connectivity index (χ0n) is 12.0. The van der Waals surface area contributed by atoms with Crippen molar-refractivity contribution in [3.05, 3.63) is 57.6 Å². The minimum Gasteiger partial charge on any atom is -0.497 e. The largest absolute Gasteiger partial charge is 0.497 e. The van der Waals surface area contributed by atoms with Crippen LogP contribution in [0.2, 0.25) is 10.0 Å². The van der Waals surface area contributed by atoms with Gasteiger partial charge in [-0.3, -0.25) is 0 Å². The summed E-state index contributed by atoms with van der Waals surface area (Å²) >= 11 is 12.2. The summed E-state index contributed by atoms with van der Waals surface area (Å²) in [6.45, 7) is 1.05. The Morgan fingerprint density at radius 3 is 2.62 bits per heavy atom. The predicted octanol–water partition coefficient (Wildman–Crippen LogP) is 4.30. The average molecular weight is 326 g/mol. The number of hydrogen-bond acceptors (Lipinski definition) is 3. The molecule has 0 aliphatic carbocycles. The molecule has 2 aromatic rings. The lowest BCUT2D eigenvalue weighted by atomic mass is 10.2. The molecule has 0 unspecified atom stereocenters. The molecule has 0 bridgehead atoms. The lowest BCUT2D eigenvalue weighted by Crippen LogP contribution is -2.08. The van der Waals surface area contributed by atoms with E-state index >= 15 is 0 Å². The number of nitrogens with one attached hydrogen (secondary N) is 1. The van der Waals surface area contributed by atoms with Crippen LogP contribution in [0.5, 0.6) is 11.5 Å². The van der Waals surface area contributed by atoms with E-state index in [-0.39, 0.29) is 0 Å². The zero-order valence-corrected chi connectivity index (χ0v) is 13.5. The van der Waals surface area contributed by atoms with Crippen molar-refractivity contribution in [2.24, 2.45) is 0 Å². The summed E-state index contributed by atoms with van der Waals surface area (Å²) in [7, 11) is 3.53. The van der Waals surface area contributed by atoms with E-state index in [0.29, 0.717) is 23.2 Å². The molecule has 0 radical (unpaired) electrons. The van der Waals surface area contributed by atoms with E-state index in [1.54, 1.807) is 13.2 Å². The average Bonchev–Trinajstić information content (AvgIpc) is 2.50. The first-order chi connectivity index (χ1) is 10.2. The molecule has 2 rings (SSSR count). The van der Waals surface area contributed by atoms with Gasteiger partial charge in [0.2, 0.25) is 0 Å². The van der Waals surface area contributed by atoms with Crippen molar-refractivity contribution >= 4 is 23.2 Å². The maximum Gasteiger partial charge on any atom is 0.124 e. The van der Waals surface area contributed by atoms with E-state index < -0.39 is 0 Å². The Morgan fingerprint density at radius 1 is 1.10 bits per heavy atom. The molecule has 112 valence electrons. The summed E-state index contributed by atoms with van der Waals surface area (Å²) in [6, 6.07) is 11.2. The lowest BCUT2D eigenvalue weighted by Gasteiger charge is -2.13. The molecule has 1 N–H and O–H groups in total. The number of rotatable bonds is 6. The van der Waals surface area contributed by atoms with Crippen molar-refractivity contribution < 1.29 is 9.47 Å². The molecular weight excluding hydrogens is 309 g/mol. The summed E-state index contributed by atoms with van der Waals surface area (Å²) in [5.41, 5.74) is 1.88. The van der Waals surface area contributed by atoms with Gasteiger partial charge in [-0.05, 0) is 31.3 Å². The van der Waals surface area contributed by atoms with Gasteiger partial charge in [0.05, 0.1) is 17.2 Å². The van der Waals surface area contributed by atoms with E-state index in [4.69, 9.17) is 32.7 Å². The maximum atomic E-state index is 6.16. The molecule has 0 aliphatic heterocycles. The second-order valence-electron chi connectivity index (χ2n) is 4.51. The van der Waals surface area contributed by atoms with Crippen LogP contribution in [0.25, 0.3) is 0 Å². The Labute approximate surface area is 134 Å². The molecule has 0 saturated heterocycles. The highest BCUT2D eigenvalue weighted by molar-refractivity contribution is 6.42. The van der Waals surface area contributed by atoms with Gasteiger partial charge in [-0.2, -0.15) is 0 Å². The summed E-state index contributed by atoms with van der Waals surface area (Å²) in [6.07, 6.45) is 0. The van der Waals surface area contributed by atoms with E-state index in [2.05, 4.69) is 5.32 Å². The number of ether oxygens (including phenoxy) is 2. The van der Waals surface area contributed by atoms with Gasteiger partial charge in [-0.1, -0.05) is 35.3 Å². The smallest absolute Gasteiger partial charge is 0.124 e. The number of hydrogen-bond donors (Lipinski definition) is 1. The van der Waals surface area contributed by atoms with Crippen LogP contribution in [0.3, 0.4) is 0 Å². The molecule has 0 spiro atoms. The minimum absolute atomic E-state index is 0.364. The van der Waals surface area contributed by atoms with Crippen LogP contribution in [-0.4, -0.2) is 14.2 Å². The predicted molar refractivity (Wildman–Crippen MR) is 86.6 cm³/mol. The van der Waals surface area contributed by atoms with Crippen molar-refractivity contribution in [3.63, 3.8) is 0 Å². The topological polar surface area (TPSA) is 30.5 Å². The van der Waals surface area contributed by atoms with E-state index in [9.17, 15) is 0 Å². The Bertz CT molecular complexity index is 617. The number of halogens is 2. The van der Waals surface area contributed by atoms with Crippen molar-refractivity contribution in [3.8, 4) is 11.5 Å². The molecule has 0 heterocycles. The van der Waals surface area contributed by atoms with E-state index in [1.165, 1.54) is 0 Å². The first kappa shape index (κ1) is 16.0. The Balaban J connectivity index is 2.17. The molecule has 0 aromatic heterocycles. The van der Waals surface area contributed by atoms with Gasteiger partial charge in [0.25, 0.3) is 0 Å². The van der Waals surface area contributed by atoms with Crippen LogP contribution >= 0.6 is 23.2 Å². The summed E-state index contributed by atoms with van der Waals surface area (Å²) in [5, 5.41) is 4.17. The van der Waals surface area contributed by atoms with Gasteiger partial charge in [-0.25, -0.2) is 0 Å². The highest BCUT2D eigenvalue weighted by Crippen LogP contribution is 2.28. The van der Waals surface area contributed by atoms with Crippen LogP contribution in [0.1, 0.15) is 11.1 Å². The minimum atomic E-state index is 0.364. The Morgan fingerprint density at radius 2 is 1.90 bits per heavy atom. The molecule has 0 amide bonds. The normalized spacial score (nSPS) is 10.5. The molecule has 2 aromatic carbocycles. The summed E-state index contributed by atoms with van der Waals surface area (Å²) < 4.78 is 11.1. The first-order valence-corrected chi connectivity index (χ1v) is 7.28. The fourth-order valence-electron chi connectivity index (χ4n) is 1.97. The van der Waals surface area contributed by atoms with Crippen LogP contribution < -0.4 is 14.8 Å². The maximum absolute atomic E-state index is 6.16. The summed E-state index contributed by atoms with van der Waals surface area (Å²) in [4.78, 5) is 0. The number of methoxy groups -OCH3 is 1. The van der Waals surface area contributed by atoms with Crippen molar-refractivity contribution in [1.29, 1.82) is 0 Å². The molecular formula is C16H17Cl2NO2. The highest BCUT2D eigenvalue weighted by Gasteiger charge is 2.08. The fraction of sp³-hybridized carbons (Fsp3) is 0.250. The third-order valence-corrected chi connectivity index (χ3v) is 3.91.